The van der Waals surface area contributed by atoms with E-state index in [0.717, 1.165) is 25.3 Å². The topological polar surface area (TPSA) is 21.3 Å². The molecular weight excluding hydrogens is 312 g/mol. The lowest BCUT2D eigenvalue weighted by atomic mass is 10.3. The van der Waals surface area contributed by atoms with E-state index in [1.54, 1.807) is 0 Å². The predicted octanol–water partition coefficient (Wildman–Crippen LogP) is 2.45. The molecule has 4 heteroatoms. The van der Waals surface area contributed by atoms with Crippen LogP contribution in [0.25, 0.3) is 0 Å². The van der Waals surface area contributed by atoms with E-state index in [4.69, 9.17) is 4.74 Å². The Morgan fingerprint density at radius 1 is 1.29 bits per heavy atom. The minimum Gasteiger partial charge on any atom is -0.489 e. The van der Waals surface area contributed by atoms with E-state index in [-0.39, 0.29) is 12.4 Å². The highest BCUT2D eigenvalue weighted by molar-refractivity contribution is 14.1. The zero-order valence-corrected chi connectivity index (χ0v) is 10.7. The number of nitrogens with one attached hydrogen (secondary N) is 1. The SMILES string of the molecule is Cl.Ic1ccc(OC2CCNC2)cc1. The lowest BCUT2D eigenvalue weighted by Crippen LogP contribution is -2.19. The number of halogens is 2. The van der Waals surface area contributed by atoms with Gasteiger partial charge in [0.2, 0.25) is 0 Å². The third-order valence-electron chi connectivity index (χ3n) is 2.13. The standard InChI is InChI=1S/C10H12INO.ClH/c11-8-1-3-9(4-2-8)13-10-5-6-12-7-10;/h1-4,10,12H,5-7H2;1H. The number of hydrogen-bond acceptors (Lipinski definition) is 2. The van der Waals surface area contributed by atoms with Crippen molar-refractivity contribution in [1.82, 2.24) is 5.32 Å². The monoisotopic (exact) mass is 325 g/mol. The maximum atomic E-state index is 5.76. The molecule has 1 unspecified atom stereocenters. The van der Waals surface area contributed by atoms with Crippen LogP contribution in [0.1, 0.15) is 6.42 Å². The molecule has 1 aromatic carbocycles. The van der Waals surface area contributed by atoms with Gasteiger partial charge >= 0.3 is 0 Å². The first-order valence-corrected chi connectivity index (χ1v) is 5.55. The molecule has 1 fully saturated rings. The molecular formula is C10H13ClINO. The predicted molar refractivity (Wildman–Crippen MR) is 68.3 cm³/mol. The molecule has 78 valence electrons. The largest absolute Gasteiger partial charge is 0.489 e. The fraction of sp³-hybridized carbons (Fsp3) is 0.400. The molecule has 1 N–H and O–H groups in total. The van der Waals surface area contributed by atoms with E-state index in [9.17, 15) is 0 Å². The molecule has 0 bridgehead atoms. The van der Waals surface area contributed by atoms with Gasteiger partial charge in [0.15, 0.2) is 0 Å². The van der Waals surface area contributed by atoms with E-state index in [1.165, 1.54) is 3.57 Å². The van der Waals surface area contributed by atoms with E-state index >= 15 is 0 Å². The molecule has 0 radical (unpaired) electrons. The number of hydrogen-bond donors (Lipinski definition) is 1. The number of benzene rings is 1. The summed E-state index contributed by atoms with van der Waals surface area (Å²) >= 11 is 2.29. The fourth-order valence-electron chi connectivity index (χ4n) is 1.43. The minimum absolute atomic E-state index is 0. The number of rotatable bonds is 2. The molecule has 1 heterocycles. The van der Waals surface area contributed by atoms with Crippen molar-refractivity contribution in [3.05, 3.63) is 27.8 Å². The van der Waals surface area contributed by atoms with Gasteiger partial charge in [0.05, 0.1) is 0 Å². The molecule has 1 saturated heterocycles. The summed E-state index contributed by atoms with van der Waals surface area (Å²) in [6.45, 7) is 2.06. The first kappa shape index (κ1) is 12.1. The molecule has 0 spiro atoms. The molecule has 2 nitrogen and oxygen atoms in total. The van der Waals surface area contributed by atoms with Crippen molar-refractivity contribution in [3.63, 3.8) is 0 Å². The summed E-state index contributed by atoms with van der Waals surface area (Å²) in [5, 5.41) is 3.28. The van der Waals surface area contributed by atoms with E-state index < -0.39 is 0 Å². The molecule has 0 aliphatic carbocycles. The Labute approximate surface area is 104 Å². The zero-order valence-electron chi connectivity index (χ0n) is 7.70. The van der Waals surface area contributed by atoms with Crippen LogP contribution in [-0.2, 0) is 0 Å². The lowest BCUT2D eigenvalue weighted by Gasteiger charge is -2.11. The highest BCUT2D eigenvalue weighted by Crippen LogP contribution is 2.16. The van der Waals surface area contributed by atoms with Crippen molar-refractivity contribution >= 4 is 35.0 Å². The van der Waals surface area contributed by atoms with E-state index in [1.807, 2.05) is 12.1 Å². The second-order valence-corrected chi connectivity index (χ2v) is 4.43. The van der Waals surface area contributed by atoms with Gasteiger partial charge in [-0.1, -0.05) is 0 Å². The summed E-state index contributed by atoms with van der Waals surface area (Å²) in [7, 11) is 0. The summed E-state index contributed by atoms with van der Waals surface area (Å²) in [6, 6.07) is 8.19. The van der Waals surface area contributed by atoms with Crippen LogP contribution in [0.15, 0.2) is 24.3 Å². The van der Waals surface area contributed by atoms with Crippen molar-refractivity contribution in [3.8, 4) is 5.75 Å². The highest BCUT2D eigenvalue weighted by atomic mass is 127. The molecule has 1 aromatic rings. The van der Waals surface area contributed by atoms with Crippen LogP contribution in [0.5, 0.6) is 5.75 Å². The van der Waals surface area contributed by atoms with Gasteiger partial charge in [-0.05, 0) is 59.8 Å². The van der Waals surface area contributed by atoms with Crippen LogP contribution in [-0.4, -0.2) is 19.2 Å². The van der Waals surface area contributed by atoms with Crippen LogP contribution in [0.2, 0.25) is 0 Å². The number of ether oxygens (including phenoxy) is 1. The van der Waals surface area contributed by atoms with Gasteiger partial charge in [0.25, 0.3) is 0 Å². The Kier molecular flexibility index (Phi) is 4.98. The van der Waals surface area contributed by atoms with Gasteiger partial charge in [0, 0.05) is 10.1 Å². The van der Waals surface area contributed by atoms with Crippen molar-refractivity contribution in [2.24, 2.45) is 0 Å². The molecule has 0 saturated carbocycles. The zero-order chi connectivity index (χ0) is 9.10. The third-order valence-corrected chi connectivity index (χ3v) is 2.85. The Morgan fingerprint density at radius 2 is 2.00 bits per heavy atom. The highest BCUT2D eigenvalue weighted by Gasteiger charge is 2.15. The van der Waals surface area contributed by atoms with Crippen molar-refractivity contribution in [2.45, 2.75) is 12.5 Å². The fourth-order valence-corrected chi connectivity index (χ4v) is 1.79. The second kappa shape index (κ2) is 5.78. The molecule has 2 rings (SSSR count). The maximum Gasteiger partial charge on any atom is 0.119 e. The van der Waals surface area contributed by atoms with Crippen LogP contribution in [0.3, 0.4) is 0 Å². The summed E-state index contributed by atoms with van der Waals surface area (Å²) in [5.41, 5.74) is 0. The molecule has 0 amide bonds. The summed E-state index contributed by atoms with van der Waals surface area (Å²) in [4.78, 5) is 0. The Bertz CT molecular complexity index is 272. The molecule has 1 atom stereocenters. The molecule has 14 heavy (non-hydrogen) atoms. The second-order valence-electron chi connectivity index (χ2n) is 3.19. The first-order chi connectivity index (χ1) is 6.34. The van der Waals surface area contributed by atoms with Crippen molar-refractivity contribution in [1.29, 1.82) is 0 Å². The van der Waals surface area contributed by atoms with E-state index in [0.29, 0.717) is 6.10 Å². The minimum atomic E-state index is 0. The molecule has 1 aliphatic rings. The Hall–Kier alpha value is 0. The molecule has 0 aromatic heterocycles. The average Bonchev–Trinajstić information content (AvgIpc) is 2.62. The van der Waals surface area contributed by atoms with Gasteiger partial charge in [0.1, 0.15) is 11.9 Å². The summed E-state index contributed by atoms with van der Waals surface area (Å²) < 4.78 is 7.01. The quantitative estimate of drug-likeness (QED) is 0.844. The van der Waals surface area contributed by atoms with Crippen LogP contribution in [0.4, 0.5) is 0 Å². The normalized spacial score (nSPS) is 20.2. The van der Waals surface area contributed by atoms with Crippen LogP contribution in [0, 0.1) is 3.57 Å². The first-order valence-electron chi connectivity index (χ1n) is 4.47. The van der Waals surface area contributed by atoms with Gasteiger partial charge in [-0.15, -0.1) is 12.4 Å². The van der Waals surface area contributed by atoms with Gasteiger partial charge in [-0.2, -0.15) is 0 Å². The van der Waals surface area contributed by atoms with Crippen LogP contribution < -0.4 is 10.1 Å². The van der Waals surface area contributed by atoms with Gasteiger partial charge in [-0.3, -0.25) is 0 Å². The summed E-state index contributed by atoms with van der Waals surface area (Å²) in [5.74, 6) is 0.981. The Balaban J connectivity index is 0.000000980. The van der Waals surface area contributed by atoms with Crippen molar-refractivity contribution in [2.75, 3.05) is 13.1 Å². The Morgan fingerprint density at radius 3 is 2.57 bits per heavy atom. The average molecular weight is 326 g/mol. The van der Waals surface area contributed by atoms with Crippen LogP contribution >= 0.6 is 35.0 Å². The van der Waals surface area contributed by atoms with E-state index in [2.05, 4.69) is 40.0 Å². The maximum absolute atomic E-state index is 5.76. The molecule has 1 aliphatic heterocycles. The summed E-state index contributed by atoms with van der Waals surface area (Å²) in [6.07, 6.45) is 1.48. The lowest BCUT2D eigenvalue weighted by molar-refractivity contribution is 0.223. The van der Waals surface area contributed by atoms with Gasteiger partial charge < -0.3 is 10.1 Å². The third kappa shape index (κ3) is 3.29. The van der Waals surface area contributed by atoms with Gasteiger partial charge in [-0.25, -0.2) is 0 Å². The van der Waals surface area contributed by atoms with Crippen molar-refractivity contribution < 1.29 is 4.74 Å². The smallest absolute Gasteiger partial charge is 0.119 e.